The van der Waals surface area contributed by atoms with Gasteiger partial charge in [-0.25, -0.2) is 4.79 Å². The summed E-state index contributed by atoms with van der Waals surface area (Å²) in [6.45, 7) is 5.10. The molecule has 2 aromatic rings. The first-order valence-corrected chi connectivity index (χ1v) is 8.89. The van der Waals surface area contributed by atoms with Crippen molar-refractivity contribution in [3.63, 3.8) is 0 Å². The zero-order valence-corrected chi connectivity index (χ0v) is 16.1. The van der Waals surface area contributed by atoms with E-state index in [-0.39, 0.29) is 17.7 Å². The fourth-order valence-corrected chi connectivity index (χ4v) is 2.57. The van der Waals surface area contributed by atoms with Crippen molar-refractivity contribution in [2.45, 2.75) is 26.8 Å². The molecule has 0 fully saturated rings. The Bertz CT molecular complexity index is 863. The molecule has 0 spiro atoms. The van der Waals surface area contributed by atoms with E-state index in [1.807, 2.05) is 26.8 Å². The Labute approximate surface area is 163 Å². The van der Waals surface area contributed by atoms with Crippen molar-refractivity contribution >= 4 is 23.5 Å². The van der Waals surface area contributed by atoms with E-state index in [0.717, 1.165) is 5.56 Å². The molecule has 1 atom stereocenters. The van der Waals surface area contributed by atoms with Crippen LogP contribution in [0.3, 0.4) is 0 Å². The Morgan fingerprint density at radius 3 is 2.43 bits per heavy atom. The highest BCUT2D eigenvalue weighted by Crippen LogP contribution is 2.18. The van der Waals surface area contributed by atoms with Gasteiger partial charge in [0.2, 0.25) is 5.91 Å². The number of hydrogen-bond donors (Lipinski definition) is 3. The summed E-state index contributed by atoms with van der Waals surface area (Å²) in [5, 5.41) is 14.2. The minimum Gasteiger partial charge on any atom is -0.482 e. The molecule has 0 radical (unpaired) electrons. The van der Waals surface area contributed by atoms with E-state index in [9.17, 15) is 14.4 Å². The SMILES string of the molecule is Cc1cccc(C(=O)NC(C(=O)Nc2cccc(OCC(=O)O)c2)C(C)C)c1. The predicted octanol–water partition coefficient (Wildman–Crippen LogP) is 2.85. The number of aliphatic carboxylic acids is 1. The van der Waals surface area contributed by atoms with Gasteiger partial charge < -0.3 is 20.5 Å². The number of carbonyl (C=O) groups excluding carboxylic acids is 2. The predicted molar refractivity (Wildman–Crippen MR) is 105 cm³/mol. The van der Waals surface area contributed by atoms with E-state index >= 15 is 0 Å². The molecule has 1 unspecified atom stereocenters. The van der Waals surface area contributed by atoms with Crippen LogP contribution >= 0.6 is 0 Å². The van der Waals surface area contributed by atoms with Crippen molar-refractivity contribution in [1.82, 2.24) is 5.32 Å². The van der Waals surface area contributed by atoms with Gasteiger partial charge >= 0.3 is 5.97 Å². The largest absolute Gasteiger partial charge is 0.482 e. The van der Waals surface area contributed by atoms with Crippen LogP contribution in [0.25, 0.3) is 0 Å². The molecule has 28 heavy (non-hydrogen) atoms. The molecule has 2 amide bonds. The van der Waals surface area contributed by atoms with Gasteiger partial charge in [-0.3, -0.25) is 9.59 Å². The summed E-state index contributed by atoms with van der Waals surface area (Å²) >= 11 is 0. The number of amides is 2. The molecule has 0 aliphatic heterocycles. The Morgan fingerprint density at radius 2 is 1.79 bits per heavy atom. The van der Waals surface area contributed by atoms with Crippen molar-refractivity contribution in [3.05, 3.63) is 59.7 Å². The molecule has 2 aromatic carbocycles. The van der Waals surface area contributed by atoms with Gasteiger partial charge in [0.1, 0.15) is 11.8 Å². The van der Waals surface area contributed by atoms with E-state index in [4.69, 9.17) is 9.84 Å². The standard InChI is InChI=1S/C21H24N2O5/c1-13(2)19(23-20(26)15-7-4-6-14(3)10-15)21(27)22-16-8-5-9-17(11-16)28-12-18(24)25/h4-11,13,19H,12H2,1-3H3,(H,22,27)(H,23,26)(H,24,25). The number of rotatable bonds is 8. The third-order valence-corrected chi connectivity index (χ3v) is 3.98. The van der Waals surface area contributed by atoms with Gasteiger partial charge in [-0.15, -0.1) is 0 Å². The normalized spacial score (nSPS) is 11.6. The number of aryl methyl sites for hydroxylation is 1. The summed E-state index contributed by atoms with van der Waals surface area (Å²) in [6, 6.07) is 12.8. The molecule has 0 saturated carbocycles. The van der Waals surface area contributed by atoms with E-state index in [1.54, 1.807) is 36.4 Å². The van der Waals surface area contributed by atoms with Crippen LogP contribution in [0.4, 0.5) is 5.69 Å². The molecule has 0 aliphatic rings. The van der Waals surface area contributed by atoms with Crippen LogP contribution in [0.2, 0.25) is 0 Å². The van der Waals surface area contributed by atoms with E-state index in [1.165, 1.54) is 6.07 Å². The highest BCUT2D eigenvalue weighted by atomic mass is 16.5. The van der Waals surface area contributed by atoms with Gasteiger partial charge in [-0.1, -0.05) is 37.6 Å². The maximum atomic E-state index is 12.7. The van der Waals surface area contributed by atoms with Crippen LogP contribution in [-0.4, -0.2) is 35.5 Å². The maximum absolute atomic E-state index is 12.7. The van der Waals surface area contributed by atoms with Gasteiger partial charge in [-0.2, -0.15) is 0 Å². The third-order valence-electron chi connectivity index (χ3n) is 3.98. The molecule has 0 bridgehead atoms. The van der Waals surface area contributed by atoms with Crippen molar-refractivity contribution in [2.24, 2.45) is 5.92 Å². The lowest BCUT2D eigenvalue weighted by atomic mass is 10.0. The molecule has 7 nitrogen and oxygen atoms in total. The van der Waals surface area contributed by atoms with Gasteiger partial charge in [0.05, 0.1) is 0 Å². The minimum atomic E-state index is -1.09. The monoisotopic (exact) mass is 384 g/mol. The number of nitrogens with one attached hydrogen (secondary N) is 2. The fourth-order valence-electron chi connectivity index (χ4n) is 2.57. The van der Waals surface area contributed by atoms with Crippen LogP contribution in [0.5, 0.6) is 5.75 Å². The number of carbonyl (C=O) groups is 3. The fraction of sp³-hybridized carbons (Fsp3) is 0.286. The van der Waals surface area contributed by atoms with Crippen LogP contribution in [0.1, 0.15) is 29.8 Å². The van der Waals surface area contributed by atoms with Gasteiger partial charge in [0.25, 0.3) is 5.91 Å². The zero-order chi connectivity index (χ0) is 20.7. The van der Waals surface area contributed by atoms with Gasteiger partial charge in [0, 0.05) is 17.3 Å². The lowest BCUT2D eigenvalue weighted by molar-refractivity contribution is -0.139. The Kier molecular flexibility index (Phi) is 7.14. The van der Waals surface area contributed by atoms with E-state index < -0.39 is 18.6 Å². The van der Waals surface area contributed by atoms with Gasteiger partial charge in [0.15, 0.2) is 6.61 Å². The smallest absolute Gasteiger partial charge is 0.341 e. The Balaban J connectivity index is 2.07. The van der Waals surface area contributed by atoms with Crippen molar-refractivity contribution in [3.8, 4) is 5.75 Å². The number of carboxylic acids is 1. The van der Waals surface area contributed by atoms with Crippen molar-refractivity contribution in [1.29, 1.82) is 0 Å². The molecule has 0 heterocycles. The molecular weight excluding hydrogens is 360 g/mol. The van der Waals surface area contributed by atoms with Crippen molar-refractivity contribution < 1.29 is 24.2 Å². The van der Waals surface area contributed by atoms with Gasteiger partial charge in [-0.05, 0) is 37.1 Å². The summed E-state index contributed by atoms with van der Waals surface area (Å²) in [7, 11) is 0. The molecule has 0 aliphatic carbocycles. The topological polar surface area (TPSA) is 105 Å². The summed E-state index contributed by atoms with van der Waals surface area (Å²) in [6.07, 6.45) is 0. The average Bonchev–Trinajstić information content (AvgIpc) is 2.64. The second-order valence-corrected chi connectivity index (χ2v) is 6.76. The zero-order valence-electron chi connectivity index (χ0n) is 16.1. The second kappa shape index (κ2) is 9.55. The first-order chi connectivity index (χ1) is 13.3. The lowest BCUT2D eigenvalue weighted by Gasteiger charge is -2.22. The third kappa shape index (κ3) is 6.12. The summed E-state index contributed by atoms with van der Waals surface area (Å²) in [5.41, 5.74) is 1.89. The summed E-state index contributed by atoms with van der Waals surface area (Å²) in [4.78, 5) is 35.8. The maximum Gasteiger partial charge on any atom is 0.341 e. The number of anilines is 1. The Morgan fingerprint density at radius 1 is 1.07 bits per heavy atom. The summed E-state index contributed by atoms with van der Waals surface area (Å²) < 4.78 is 5.11. The molecule has 3 N–H and O–H groups in total. The highest BCUT2D eigenvalue weighted by molar-refractivity contribution is 6.01. The molecule has 0 saturated heterocycles. The number of carboxylic acid groups (broad SMARTS) is 1. The van der Waals surface area contributed by atoms with Crippen LogP contribution in [0.15, 0.2) is 48.5 Å². The van der Waals surface area contributed by atoms with E-state index in [2.05, 4.69) is 10.6 Å². The van der Waals surface area contributed by atoms with Crippen LogP contribution in [-0.2, 0) is 9.59 Å². The quantitative estimate of drug-likeness (QED) is 0.649. The molecule has 7 heteroatoms. The summed E-state index contributed by atoms with van der Waals surface area (Å²) in [5.74, 6) is -1.60. The lowest BCUT2D eigenvalue weighted by Crippen LogP contribution is -2.47. The number of benzene rings is 2. The first kappa shape index (κ1) is 21.0. The molecule has 0 aromatic heterocycles. The Hall–Kier alpha value is -3.35. The average molecular weight is 384 g/mol. The molecule has 2 rings (SSSR count). The first-order valence-electron chi connectivity index (χ1n) is 8.89. The number of hydrogen-bond acceptors (Lipinski definition) is 4. The van der Waals surface area contributed by atoms with Crippen molar-refractivity contribution in [2.75, 3.05) is 11.9 Å². The van der Waals surface area contributed by atoms with Crippen LogP contribution in [0, 0.1) is 12.8 Å². The van der Waals surface area contributed by atoms with Crippen LogP contribution < -0.4 is 15.4 Å². The molecule has 148 valence electrons. The van der Waals surface area contributed by atoms with E-state index in [0.29, 0.717) is 17.0 Å². The minimum absolute atomic E-state index is 0.139. The second-order valence-electron chi connectivity index (χ2n) is 6.76. The highest BCUT2D eigenvalue weighted by Gasteiger charge is 2.25. The number of ether oxygens (including phenoxy) is 1. The molecular formula is C21H24N2O5.